The van der Waals surface area contributed by atoms with E-state index in [1.165, 1.54) is 24.3 Å². The zero-order valence-corrected chi connectivity index (χ0v) is 15.6. The highest BCUT2D eigenvalue weighted by Gasteiger charge is 2.16. The standard InChI is InChI=1S/C21H21N3O4/c1-2-24(14-16-6-4-3-5-7-16)20(26)15-28-21(27)17-8-10-18(11-9-17)23-19(25)12-13-22/h3-11H,2,12,14-15H2,1H3,(H,23,25). The Balaban J connectivity index is 1.87. The van der Waals surface area contributed by atoms with Crippen LogP contribution in [-0.2, 0) is 20.9 Å². The van der Waals surface area contributed by atoms with Crippen molar-refractivity contribution in [2.75, 3.05) is 18.5 Å². The van der Waals surface area contributed by atoms with E-state index >= 15 is 0 Å². The first-order valence-corrected chi connectivity index (χ1v) is 8.79. The van der Waals surface area contributed by atoms with E-state index < -0.39 is 11.9 Å². The lowest BCUT2D eigenvalue weighted by molar-refractivity contribution is -0.135. The molecule has 7 nitrogen and oxygen atoms in total. The van der Waals surface area contributed by atoms with Gasteiger partial charge in [0.25, 0.3) is 5.91 Å². The first-order chi connectivity index (χ1) is 13.5. The van der Waals surface area contributed by atoms with Crippen molar-refractivity contribution < 1.29 is 19.1 Å². The number of hydrogen-bond donors (Lipinski definition) is 1. The quantitative estimate of drug-likeness (QED) is 0.711. The normalized spacial score (nSPS) is 9.86. The van der Waals surface area contributed by atoms with E-state index in [0.717, 1.165) is 5.56 Å². The summed E-state index contributed by atoms with van der Waals surface area (Å²) in [6.07, 6.45) is -0.247. The van der Waals surface area contributed by atoms with Crippen LogP contribution in [0.1, 0.15) is 29.3 Å². The molecule has 0 atom stereocenters. The maximum absolute atomic E-state index is 12.3. The molecule has 2 amide bonds. The van der Waals surface area contributed by atoms with Crippen molar-refractivity contribution >= 4 is 23.5 Å². The minimum Gasteiger partial charge on any atom is -0.452 e. The van der Waals surface area contributed by atoms with Crippen LogP contribution in [0.4, 0.5) is 5.69 Å². The first-order valence-electron chi connectivity index (χ1n) is 8.79. The van der Waals surface area contributed by atoms with Gasteiger partial charge in [0.15, 0.2) is 6.61 Å². The lowest BCUT2D eigenvalue weighted by Gasteiger charge is -2.20. The van der Waals surface area contributed by atoms with Crippen molar-refractivity contribution in [3.8, 4) is 6.07 Å². The number of carbonyl (C=O) groups is 3. The Bertz CT molecular complexity index is 857. The highest BCUT2D eigenvalue weighted by Crippen LogP contribution is 2.11. The third-order valence-electron chi connectivity index (χ3n) is 3.92. The molecule has 0 radical (unpaired) electrons. The van der Waals surface area contributed by atoms with E-state index in [9.17, 15) is 14.4 Å². The number of rotatable bonds is 8. The summed E-state index contributed by atoms with van der Waals surface area (Å²) in [7, 11) is 0. The number of nitrogens with zero attached hydrogens (tertiary/aromatic N) is 2. The maximum atomic E-state index is 12.3. The number of nitrogens with one attached hydrogen (secondary N) is 1. The molecule has 0 unspecified atom stereocenters. The number of anilines is 1. The van der Waals surface area contributed by atoms with Gasteiger partial charge in [-0.3, -0.25) is 9.59 Å². The molecular formula is C21H21N3O4. The van der Waals surface area contributed by atoms with Gasteiger partial charge in [0.2, 0.25) is 5.91 Å². The number of likely N-dealkylation sites (N-methyl/N-ethyl adjacent to an activating group) is 1. The van der Waals surface area contributed by atoms with Crippen LogP contribution in [0.2, 0.25) is 0 Å². The van der Waals surface area contributed by atoms with E-state index in [1.807, 2.05) is 37.3 Å². The van der Waals surface area contributed by atoms with Crippen LogP contribution in [0.3, 0.4) is 0 Å². The molecule has 0 fully saturated rings. The van der Waals surface area contributed by atoms with Crippen molar-refractivity contribution in [3.63, 3.8) is 0 Å². The van der Waals surface area contributed by atoms with E-state index in [0.29, 0.717) is 18.8 Å². The molecule has 0 aliphatic rings. The van der Waals surface area contributed by atoms with Crippen LogP contribution in [0.5, 0.6) is 0 Å². The molecule has 144 valence electrons. The Hall–Kier alpha value is -3.66. The topological polar surface area (TPSA) is 99.5 Å². The van der Waals surface area contributed by atoms with Gasteiger partial charge in [0.1, 0.15) is 6.42 Å². The molecule has 2 aromatic rings. The Morgan fingerprint density at radius 2 is 1.75 bits per heavy atom. The Morgan fingerprint density at radius 3 is 2.36 bits per heavy atom. The average Bonchev–Trinajstić information content (AvgIpc) is 2.71. The first kappa shape index (κ1) is 20.6. The molecule has 0 aliphatic carbocycles. The van der Waals surface area contributed by atoms with Gasteiger partial charge in [-0.25, -0.2) is 4.79 Å². The molecule has 2 rings (SSSR count). The summed E-state index contributed by atoms with van der Waals surface area (Å²) in [4.78, 5) is 37.4. The lowest BCUT2D eigenvalue weighted by Crippen LogP contribution is -2.34. The molecule has 7 heteroatoms. The third kappa shape index (κ3) is 6.25. The molecule has 2 aromatic carbocycles. The van der Waals surface area contributed by atoms with Crippen molar-refractivity contribution in [2.24, 2.45) is 0 Å². The molecule has 0 saturated heterocycles. The molecule has 0 heterocycles. The van der Waals surface area contributed by atoms with E-state index in [4.69, 9.17) is 10.00 Å². The van der Waals surface area contributed by atoms with Gasteiger partial charge in [-0.1, -0.05) is 30.3 Å². The SMILES string of the molecule is CCN(Cc1ccccc1)C(=O)COC(=O)c1ccc(NC(=O)CC#N)cc1. The van der Waals surface area contributed by atoms with E-state index in [1.54, 1.807) is 11.0 Å². The zero-order valence-electron chi connectivity index (χ0n) is 15.6. The van der Waals surface area contributed by atoms with Crippen LogP contribution in [-0.4, -0.2) is 35.8 Å². The fourth-order valence-electron chi connectivity index (χ4n) is 2.45. The molecule has 0 spiro atoms. The van der Waals surface area contributed by atoms with Crippen LogP contribution < -0.4 is 5.32 Å². The van der Waals surface area contributed by atoms with Gasteiger partial charge < -0.3 is 15.0 Å². The maximum Gasteiger partial charge on any atom is 0.338 e. The third-order valence-corrected chi connectivity index (χ3v) is 3.92. The number of ether oxygens (including phenoxy) is 1. The van der Waals surface area contributed by atoms with Crippen LogP contribution in [0.25, 0.3) is 0 Å². The Kier molecular flexibility index (Phi) is 7.73. The number of benzene rings is 2. The lowest BCUT2D eigenvalue weighted by atomic mass is 10.2. The minimum atomic E-state index is -0.626. The van der Waals surface area contributed by atoms with Gasteiger partial charge in [-0.05, 0) is 36.8 Å². The van der Waals surface area contributed by atoms with Gasteiger partial charge in [-0.15, -0.1) is 0 Å². The van der Waals surface area contributed by atoms with Crippen molar-refractivity contribution in [3.05, 3.63) is 65.7 Å². The van der Waals surface area contributed by atoms with Gasteiger partial charge in [0, 0.05) is 18.8 Å². The number of carbonyl (C=O) groups excluding carboxylic acids is 3. The summed E-state index contributed by atoms with van der Waals surface area (Å²) < 4.78 is 5.11. The van der Waals surface area contributed by atoms with Crippen molar-refractivity contribution in [1.82, 2.24) is 4.90 Å². The molecule has 1 N–H and O–H groups in total. The highest BCUT2D eigenvalue weighted by molar-refractivity contribution is 5.94. The average molecular weight is 379 g/mol. The van der Waals surface area contributed by atoms with Gasteiger partial charge in [0.05, 0.1) is 11.6 Å². The number of amides is 2. The fraction of sp³-hybridized carbons (Fsp3) is 0.238. The second kappa shape index (κ2) is 10.5. The largest absolute Gasteiger partial charge is 0.452 e. The monoisotopic (exact) mass is 379 g/mol. The fourth-order valence-corrected chi connectivity index (χ4v) is 2.45. The molecule has 0 saturated carbocycles. The van der Waals surface area contributed by atoms with E-state index in [-0.39, 0.29) is 24.5 Å². The van der Waals surface area contributed by atoms with Crippen LogP contribution in [0, 0.1) is 11.3 Å². The number of hydrogen-bond acceptors (Lipinski definition) is 5. The van der Waals surface area contributed by atoms with E-state index in [2.05, 4.69) is 5.32 Å². The van der Waals surface area contributed by atoms with Crippen LogP contribution >= 0.6 is 0 Å². The molecule has 28 heavy (non-hydrogen) atoms. The minimum absolute atomic E-state index is 0.247. The highest BCUT2D eigenvalue weighted by atomic mass is 16.5. The summed E-state index contributed by atoms with van der Waals surface area (Å²) in [5.74, 6) is -1.33. The summed E-state index contributed by atoms with van der Waals surface area (Å²) in [6.45, 7) is 2.47. The second-order valence-corrected chi connectivity index (χ2v) is 5.93. The number of esters is 1. The Labute approximate surface area is 163 Å². The van der Waals surface area contributed by atoms with Crippen molar-refractivity contribution in [2.45, 2.75) is 19.9 Å². The number of nitriles is 1. The van der Waals surface area contributed by atoms with Gasteiger partial charge in [-0.2, -0.15) is 5.26 Å². The van der Waals surface area contributed by atoms with Crippen molar-refractivity contribution in [1.29, 1.82) is 5.26 Å². The van der Waals surface area contributed by atoms with Crippen LogP contribution in [0.15, 0.2) is 54.6 Å². The molecular weight excluding hydrogens is 358 g/mol. The predicted molar refractivity (Wildman–Crippen MR) is 103 cm³/mol. The Morgan fingerprint density at radius 1 is 1.07 bits per heavy atom. The molecule has 0 bridgehead atoms. The second-order valence-electron chi connectivity index (χ2n) is 5.93. The predicted octanol–water partition coefficient (Wildman–Crippen LogP) is 2.74. The molecule has 0 aliphatic heterocycles. The summed E-state index contributed by atoms with van der Waals surface area (Å²) >= 11 is 0. The molecule has 0 aromatic heterocycles. The van der Waals surface area contributed by atoms with Gasteiger partial charge >= 0.3 is 5.97 Å². The summed E-state index contributed by atoms with van der Waals surface area (Å²) in [6, 6.07) is 17.3. The zero-order chi connectivity index (χ0) is 20.4. The summed E-state index contributed by atoms with van der Waals surface area (Å²) in [5.41, 5.74) is 1.73. The smallest absolute Gasteiger partial charge is 0.338 e. The summed E-state index contributed by atoms with van der Waals surface area (Å²) in [5, 5.41) is 11.0.